The highest BCUT2D eigenvalue weighted by atomic mass is 14.9. The van der Waals surface area contributed by atoms with E-state index in [4.69, 9.17) is 0 Å². The minimum atomic E-state index is 0.919. The zero-order valence-corrected chi connectivity index (χ0v) is 6.14. The third-order valence-electron chi connectivity index (χ3n) is 3.48. The van der Waals surface area contributed by atoms with Gasteiger partial charge in [-0.3, -0.25) is 0 Å². The minimum Gasteiger partial charge on any atom is -0.316 e. The van der Waals surface area contributed by atoms with Crippen LogP contribution in [0.2, 0.25) is 0 Å². The molecular formula is C9H13N. The number of nitrogens with one attached hydrogen (secondary N) is 1. The summed E-state index contributed by atoms with van der Waals surface area (Å²) in [4.78, 5) is 0. The van der Waals surface area contributed by atoms with Crippen LogP contribution in [0.3, 0.4) is 0 Å². The molecule has 54 valence electrons. The summed E-state index contributed by atoms with van der Waals surface area (Å²) < 4.78 is 0. The SMILES string of the molecule is C1=C2CCC2C2CNCC12. The van der Waals surface area contributed by atoms with E-state index in [0.717, 1.165) is 17.8 Å². The van der Waals surface area contributed by atoms with Crippen molar-refractivity contribution in [3.05, 3.63) is 11.6 Å². The smallest absolute Gasteiger partial charge is 0.00178 e. The fraction of sp³-hybridized carbons (Fsp3) is 0.778. The maximum atomic E-state index is 3.46. The Morgan fingerprint density at radius 2 is 2.40 bits per heavy atom. The van der Waals surface area contributed by atoms with Gasteiger partial charge in [-0.05, 0) is 37.1 Å². The molecule has 0 amide bonds. The zero-order chi connectivity index (χ0) is 6.55. The molecule has 1 saturated heterocycles. The van der Waals surface area contributed by atoms with Crippen LogP contribution >= 0.6 is 0 Å². The number of allylic oxidation sites excluding steroid dienone is 1. The molecule has 10 heavy (non-hydrogen) atoms. The van der Waals surface area contributed by atoms with E-state index in [1.807, 2.05) is 0 Å². The van der Waals surface area contributed by atoms with Gasteiger partial charge in [-0.2, -0.15) is 0 Å². The molecule has 2 fully saturated rings. The van der Waals surface area contributed by atoms with Crippen LogP contribution in [0.15, 0.2) is 11.6 Å². The maximum absolute atomic E-state index is 3.46. The molecule has 1 heteroatoms. The predicted octanol–water partition coefficient (Wildman–Crippen LogP) is 1.17. The number of fused-ring (bicyclic) bond motifs is 3. The highest BCUT2D eigenvalue weighted by molar-refractivity contribution is 5.26. The molecule has 0 aromatic rings. The monoisotopic (exact) mass is 135 g/mol. The minimum absolute atomic E-state index is 0.919. The summed E-state index contributed by atoms with van der Waals surface area (Å²) >= 11 is 0. The molecule has 3 rings (SSSR count). The standard InChI is InChI=1S/C9H13N/c1-2-8-6(1)3-7-4-10-5-9(7)8/h3,7-10H,1-2,4-5H2. The van der Waals surface area contributed by atoms with Gasteiger partial charge in [-0.15, -0.1) is 0 Å². The molecule has 1 aliphatic heterocycles. The number of rotatable bonds is 0. The third kappa shape index (κ3) is 0.485. The molecule has 1 N–H and O–H groups in total. The van der Waals surface area contributed by atoms with Crippen molar-refractivity contribution in [2.24, 2.45) is 17.8 Å². The lowest BCUT2D eigenvalue weighted by Crippen LogP contribution is -2.24. The summed E-state index contributed by atoms with van der Waals surface area (Å²) in [5, 5.41) is 3.46. The third-order valence-corrected chi connectivity index (χ3v) is 3.48. The lowest BCUT2D eigenvalue weighted by atomic mass is 9.75. The van der Waals surface area contributed by atoms with E-state index in [1.165, 1.54) is 25.9 Å². The second-order valence-electron chi connectivity index (χ2n) is 3.87. The molecule has 0 bridgehead atoms. The summed E-state index contributed by atoms with van der Waals surface area (Å²) in [7, 11) is 0. The van der Waals surface area contributed by atoms with Crippen LogP contribution in [0.25, 0.3) is 0 Å². The number of hydrogen-bond acceptors (Lipinski definition) is 1. The first-order valence-electron chi connectivity index (χ1n) is 4.36. The lowest BCUT2D eigenvalue weighted by molar-refractivity contribution is 0.317. The molecule has 1 nitrogen and oxygen atoms in total. The molecule has 3 atom stereocenters. The molecule has 1 heterocycles. The normalized spacial score (nSPS) is 49.6. The van der Waals surface area contributed by atoms with Crippen LogP contribution in [0.4, 0.5) is 0 Å². The van der Waals surface area contributed by atoms with Gasteiger partial charge in [0, 0.05) is 6.54 Å². The fourth-order valence-corrected chi connectivity index (χ4v) is 2.79. The van der Waals surface area contributed by atoms with Gasteiger partial charge in [0.05, 0.1) is 0 Å². The van der Waals surface area contributed by atoms with E-state index in [2.05, 4.69) is 11.4 Å². The molecule has 2 aliphatic carbocycles. The van der Waals surface area contributed by atoms with Gasteiger partial charge >= 0.3 is 0 Å². The van der Waals surface area contributed by atoms with Crippen molar-refractivity contribution in [1.29, 1.82) is 0 Å². The van der Waals surface area contributed by atoms with Crippen molar-refractivity contribution in [3.63, 3.8) is 0 Å². The maximum Gasteiger partial charge on any atom is 0.00178 e. The highest BCUT2D eigenvalue weighted by Crippen LogP contribution is 2.49. The summed E-state index contributed by atoms with van der Waals surface area (Å²) in [5.41, 5.74) is 1.79. The van der Waals surface area contributed by atoms with E-state index in [-0.39, 0.29) is 0 Å². The average Bonchev–Trinajstić information content (AvgIpc) is 2.35. The Bertz CT molecular complexity index is 195. The summed E-state index contributed by atoms with van der Waals surface area (Å²) in [6.07, 6.45) is 5.44. The van der Waals surface area contributed by atoms with E-state index in [9.17, 15) is 0 Å². The Hall–Kier alpha value is -0.300. The van der Waals surface area contributed by atoms with Crippen molar-refractivity contribution in [2.75, 3.05) is 13.1 Å². The molecule has 3 unspecified atom stereocenters. The fourth-order valence-electron chi connectivity index (χ4n) is 2.79. The Morgan fingerprint density at radius 3 is 3.20 bits per heavy atom. The summed E-state index contributed by atoms with van der Waals surface area (Å²) in [5.74, 6) is 2.94. The number of hydrogen-bond donors (Lipinski definition) is 1. The zero-order valence-electron chi connectivity index (χ0n) is 6.14. The van der Waals surface area contributed by atoms with Crippen molar-refractivity contribution < 1.29 is 0 Å². The Kier molecular flexibility index (Phi) is 0.883. The molecule has 0 spiro atoms. The molecule has 0 radical (unpaired) electrons. The quantitative estimate of drug-likeness (QED) is 0.492. The van der Waals surface area contributed by atoms with Crippen LogP contribution in [0.5, 0.6) is 0 Å². The Morgan fingerprint density at radius 1 is 1.40 bits per heavy atom. The van der Waals surface area contributed by atoms with E-state index >= 15 is 0 Å². The second kappa shape index (κ2) is 1.65. The van der Waals surface area contributed by atoms with Gasteiger partial charge in [0.25, 0.3) is 0 Å². The van der Waals surface area contributed by atoms with E-state index < -0.39 is 0 Å². The van der Waals surface area contributed by atoms with E-state index in [1.54, 1.807) is 5.57 Å². The molecular weight excluding hydrogens is 122 g/mol. The van der Waals surface area contributed by atoms with E-state index in [0.29, 0.717) is 0 Å². The first-order chi connectivity index (χ1) is 4.95. The van der Waals surface area contributed by atoms with Gasteiger partial charge < -0.3 is 5.32 Å². The van der Waals surface area contributed by atoms with Crippen molar-refractivity contribution in [1.82, 2.24) is 5.32 Å². The Labute approximate surface area is 61.5 Å². The molecule has 3 aliphatic rings. The van der Waals surface area contributed by atoms with Gasteiger partial charge in [-0.25, -0.2) is 0 Å². The lowest BCUT2D eigenvalue weighted by Gasteiger charge is -2.29. The molecule has 0 aromatic carbocycles. The Balaban J connectivity index is 1.94. The van der Waals surface area contributed by atoms with Crippen molar-refractivity contribution in [2.45, 2.75) is 12.8 Å². The summed E-state index contributed by atoms with van der Waals surface area (Å²) in [6, 6.07) is 0. The van der Waals surface area contributed by atoms with Crippen LogP contribution in [-0.2, 0) is 0 Å². The molecule has 0 aromatic heterocycles. The van der Waals surface area contributed by atoms with Crippen LogP contribution in [0.1, 0.15) is 12.8 Å². The largest absolute Gasteiger partial charge is 0.316 e. The van der Waals surface area contributed by atoms with Gasteiger partial charge in [-0.1, -0.05) is 11.6 Å². The second-order valence-corrected chi connectivity index (χ2v) is 3.87. The first-order valence-corrected chi connectivity index (χ1v) is 4.36. The average molecular weight is 135 g/mol. The van der Waals surface area contributed by atoms with Gasteiger partial charge in [0.2, 0.25) is 0 Å². The van der Waals surface area contributed by atoms with Crippen molar-refractivity contribution in [3.8, 4) is 0 Å². The van der Waals surface area contributed by atoms with Crippen molar-refractivity contribution >= 4 is 0 Å². The predicted molar refractivity (Wildman–Crippen MR) is 40.7 cm³/mol. The van der Waals surface area contributed by atoms with Gasteiger partial charge in [0.15, 0.2) is 0 Å². The van der Waals surface area contributed by atoms with Crippen LogP contribution in [-0.4, -0.2) is 13.1 Å². The first kappa shape index (κ1) is 5.36. The van der Waals surface area contributed by atoms with Crippen LogP contribution < -0.4 is 5.32 Å². The topological polar surface area (TPSA) is 12.0 Å². The summed E-state index contributed by atoms with van der Waals surface area (Å²) in [6.45, 7) is 2.54. The highest BCUT2D eigenvalue weighted by Gasteiger charge is 2.43. The molecule has 1 saturated carbocycles. The van der Waals surface area contributed by atoms with Crippen LogP contribution in [0, 0.1) is 17.8 Å². The van der Waals surface area contributed by atoms with Gasteiger partial charge in [0.1, 0.15) is 0 Å².